The van der Waals surface area contributed by atoms with Crippen molar-refractivity contribution in [1.82, 2.24) is 0 Å². The summed E-state index contributed by atoms with van der Waals surface area (Å²) < 4.78 is 18.4. The Bertz CT molecular complexity index is 351. The lowest BCUT2D eigenvalue weighted by atomic mass is 10.3. The zero-order valence-electron chi connectivity index (χ0n) is 9.03. The molecule has 1 aromatic rings. The first-order valence-corrected chi connectivity index (χ1v) is 5.88. The quantitative estimate of drug-likeness (QED) is 0.455. The Hall–Kier alpha value is -0.930. The molecule has 4 heteroatoms. The summed E-state index contributed by atoms with van der Waals surface area (Å²) >= 11 is 1.98. The molecule has 0 aliphatic carbocycles. The van der Waals surface area contributed by atoms with Crippen LogP contribution < -0.4 is 9.47 Å². The summed E-state index contributed by atoms with van der Waals surface area (Å²) in [6, 6.07) is 7.45. The zero-order chi connectivity index (χ0) is 11.6. The molecule has 3 nitrogen and oxygen atoms in total. The normalized spacial score (nSPS) is 9.12. The van der Waals surface area contributed by atoms with Crippen molar-refractivity contribution in [3.63, 3.8) is 0 Å². The molecule has 1 aromatic carbocycles. The van der Waals surface area contributed by atoms with Crippen LogP contribution in [-0.4, -0.2) is 26.9 Å². The molecule has 1 rings (SSSR count). The highest BCUT2D eigenvalue weighted by Gasteiger charge is 1.94. The van der Waals surface area contributed by atoms with Gasteiger partial charge >= 0.3 is 0 Å². The summed E-state index contributed by atoms with van der Waals surface area (Å²) in [6.45, 7) is 1.52. The molecular weight excluding hydrogens is 319 g/mol. The van der Waals surface area contributed by atoms with E-state index in [1.165, 1.54) is 0 Å². The Kier molecular flexibility index (Phi) is 6.77. The van der Waals surface area contributed by atoms with E-state index < -0.39 is 0 Å². The standard InChI is InChI=1S/C12H13IO3/c1-14-11-3-5-12(6-4-11)16-10-9-15-8-2-7-13/h3-6H,8-10H2,1H3. The summed E-state index contributed by atoms with van der Waals surface area (Å²) in [5, 5.41) is 0. The lowest BCUT2D eigenvalue weighted by Gasteiger charge is -2.06. The number of hydrogen-bond donors (Lipinski definition) is 0. The molecule has 0 saturated heterocycles. The first-order valence-electron chi connectivity index (χ1n) is 4.80. The van der Waals surface area contributed by atoms with Gasteiger partial charge in [0.25, 0.3) is 0 Å². The van der Waals surface area contributed by atoms with Crippen LogP contribution in [0.4, 0.5) is 0 Å². The van der Waals surface area contributed by atoms with Crippen LogP contribution in [0.15, 0.2) is 24.3 Å². The van der Waals surface area contributed by atoms with Crippen molar-refractivity contribution < 1.29 is 14.2 Å². The third-order valence-corrected chi connectivity index (χ3v) is 2.18. The molecule has 0 N–H and O–H groups in total. The summed E-state index contributed by atoms with van der Waals surface area (Å²) in [6.07, 6.45) is 0. The average Bonchev–Trinajstić information content (AvgIpc) is 2.34. The number of benzene rings is 1. The smallest absolute Gasteiger partial charge is 0.119 e. The van der Waals surface area contributed by atoms with Gasteiger partial charge in [-0.05, 0) is 28.2 Å². The maximum atomic E-state index is 5.46. The van der Waals surface area contributed by atoms with Crippen LogP contribution in [0.2, 0.25) is 0 Å². The van der Waals surface area contributed by atoms with Crippen LogP contribution >= 0.6 is 22.6 Å². The molecule has 0 aliphatic heterocycles. The molecule has 0 aliphatic rings. The van der Waals surface area contributed by atoms with Crippen molar-refractivity contribution in [3.8, 4) is 21.3 Å². The predicted molar refractivity (Wildman–Crippen MR) is 71.1 cm³/mol. The first-order chi connectivity index (χ1) is 7.86. The maximum Gasteiger partial charge on any atom is 0.119 e. The Labute approximate surface area is 109 Å². The summed E-state index contributed by atoms with van der Waals surface area (Å²) in [5.74, 6) is 4.43. The highest BCUT2D eigenvalue weighted by Crippen LogP contribution is 2.16. The molecular formula is C12H13IO3. The van der Waals surface area contributed by atoms with Gasteiger partial charge in [0.1, 0.15) is 24.7 Å². The van der Waals surface area contributed by atoms with E-state index >= 15 is 0 Å². The molecule has 0 radical (unpaired) electrons. The minimum atomic E-state index is 0.453. The molecule has 0 aromatic heterocycles. The molecule has 0 spiro atoms. The lowest BCUT2D eigenvalue weighted by molar-refractivity contribution is 0.124. The summed E-state index contributed by atoms with van der Waals surface area (Å²) in [4.78, 5) is 0. The fourth-order valence-electron chi connectivity index (χ4n) is 1.04. The third-order valence-electron chi connectivity index (χ3n) is 1.80. The van der Waals surface area contributed by atoms with Gasteiger partial charge < -0.3 is 14.2 Å². The maximum absolute atomic E-state index is 5.46. The van der Waals surface area contributed by atoms with E-state index in [2.05, 4.69) is 9.85 Å². The SMILES string of the molecule is COc1ccc(OCCOCC#CI)cc1. The van der Waals surface area contributed by atoms with Crippen molar-refractivity contribution in [2.24, 2.45) is 0 Å². The van der Waals surface area contributed by atoms with Crippen molar-refractivity contribution in [3.05, 3.63) is 24.3 Å². The predicted octanol–water partition coefficient (Wildman–Crippen LogP) is 2.49. The number of rotatable bonds is 6. The highest BCUT2D eigenvalue weighted by atomic mass is 127. The van der Waals surface area contributed by atoms with Gasteiger partial charge in [0.2, 0.25) is 0 Å². The second kappa shape index (κ2) is 8.25. The Morgan fingerprint density at radius 2 is 1.81 bits per heavy atom. The minimum Gasteiger partial charge on any atom is -0.497 e. The van der Waals surface area contributed by atoms with Gasteiger partial charge in [-0.15, -0.1) is 0 Å². The number of ether oxygens (including phenoxy) is 3. The van der Waals surface area contributed by atoms with E-state index in [1.807, 2.05) is 46.9 Å². The van der Waals surface area contributed by atoms with E-state index in [0.717, 1.165) is 11.5 Å². The number of halogens is 1. The third kappa shape index (κ3) is 5.24. The van der Waals surface area contributed by atoms with Gasteiger partial charge in [-0.3, -0.25) is 0 Å². The van der Waals surface area contributed by atoms with Crippen LogP contribution in [0, 0.1) is 9.85 Å². The van der Waals surface area contributed by atoms with Gasteiger partial charge in [0.05, 0.1) is 13.7 Å². The fourth-order valence-corrected chi connectivity index (χ4v) is 1.20. The van der Waals surface area contributed by atoms with Crippen LogP contribution in [-0.2, 0) is 4.74 Å². The molecule has 0 heterocycles. The van der Waals surface area contributed by atoms with Crippen LogP contribution in [0.25, 0.3) is 0 Å². The van der Waals surface area contributed by atoms with Crippen LogP contribution in [0.1, 0.15) is 0 Å². The fraction of sp³-hybridized carbons (Fsp3) is 0.333. The average molecular weight is 332 g/mol. The van der Waals surface area contributed by atoms with Crippen molar-refractivity contribution >= 4 is 22.6 Å². The van der Waals surface area contributed by atoms with Gasteiger partial charge in [0.15, 0.2) is 0 Å². The second-order valence-electron chi connectivity index (χ2n) is 2.85. The molecule has 16 heavy (non-hydrogen) atoms. The van der Waals surface area contributed by atoms with E-state index in [1.54, 1.807) is 7.11 Å². The highest BCUT2D eigenvalue weighted by molar-refractivity contribution is 14.1. The molecule has 86 valence electrons. The molecule has 0 saturated carbocycles. The van der Waals surface area contributed by atoms with Gasteiger partial charge in [-0.1, -0.05) is 5.92 Å². The van der Waals surface area contributed by atoms with E-state index in [-0.39, 0.29) is 0 Å². The minimum absolute atomic E-state index is 0.453. The van der Waals surface area contributed by atoms with E-state index in [0.29, 0.717) is 19.8 Å². The lowest BCUT2D eigenvalue weighted by Crippen LogP contribution is -2.06. The molecule has 0 bridgehead atoms. The van der Waals surface area contributed by atoms with Crippen molar-refractivity contribution in [2.75, 3.05) is 26.9 Å². The van der Waals surface area contributed by atoms with Gasteiger partial charge in [-0.25, -0.2) is 0 Å². The van der Waals surface area contributed by atoms with Crippen LogP contribution in [0.3, 0.4) is 0 Å². The topological polar surface area (TPSA) is 27.7 Å². The summed E-state index contributed by atoms with van der Waals surface area (Å²) in [7, 11) is 1.64. The first kappa shape index (κ1) is 13.1. The number of methoxy groups -OCH3 is 1. The Morgan fingerprint density at radius 3 is 2.44 bits per heavy atom. The second-order valence-corrected chi connectivity index (χ2v) is 3.39. The van der Waals surface area contributed by atoms with Gasteiger partial charge in [0, 0.05) is 22.6 Å². The largest absolute Gasteiger partial charge is 0.497 e. The molecule has 0 unspecified atom stereocenters. The Morgan fingerprint density at radius 1 is 1.12 bits per heavy atom. The molecule has 0 fully saturated rings. The van der Waals surface area contributed by atoms with E-state index in [4.69, 9.17) is 14.2 Å². The zero-order valence-corrected chi connectivity index (χ0v) is 11.2. The van der Waals surface area contributed by atoms with Crippen molar-refractivity contribution in [2.45, 2.75) is 0 Å². The number of hydrogen-bond acceptors (Lipinski definition) is 3. The Balaban J connectivity index is 2.18. The van der Waals surface area contributed by atoms with Gasteiger partial charge in [-0.2, -0.15) is 0 Å². The van der Waals surface area contributed by atoms with Crippen molar-refractivity contribution in [1.29, 1.82) is 0 Å². The van der Waals surface area contributed by atoms with Crippen LogP contribution in [0.5, 0.6) is 11.5 Å². The molecule has 0 amide bonds. The monoisotopic (exact) mass is 332 g/mol. The van der Waals surface area contributed by atoms with E-state index in [9.17, 15) is 0 Å². The molecule has 0 atom stereocenters. The summed E-state index contributed by atoms with van der Waals surface area (Å²) in [5.41, 5.74) is 0.